The molecule has 3 rings (SSSR count). The highest BCUT2D eigenvalue weighted by Crippen LogP contribution is 2.43. The van der Waals surface area contributed by atoms with E-state index in [9.17, 15) is 0 Å². The molecule has 0 aliphatic heterocycles. The van der Waals surface area contributed by atoms with Crippen LogP contribution in [0.1, 0.15) is 56.3 Å². The quantitative estimate of drug-likeness (QED) is 0.859. The molecule has 0 saturated heterocycles. The van der Waals surface area contributed by atoms with Crippen LogP contribution in [0.2, 0.25) is 0 Å². The van der Waals surface area contributed by atoms with Crippen molar-refractivity contribution in [2.45, 2.75) is 51.5 Å². The molecule has 2 aliphatic carbocycles. The van der Waals surface area contributed by atoms with E-state index in [4.69, 9.17) is 0 Å². The molecule has 0 aromatic carbocycles. The van der Waals surface area contributed by atoms with Gasteiger partial charge in [0, 0.05) is 12.7 Å². The first-order chi connectivity index (χ1) is 8.33. The minimum Gasteiger partial charge on any atom is -0.308 e. The van der Waals surface area contributed by atoms with Crippen LogP contribution in [-0.4, -0.2) is 11.5 Å². The van der Waals surface area contributed by atoms with Gasteiger partial charge in [0.15, 0.2) is 0 Å². The van der Waals surface area contributed by atoms with Crippen molar-refractivity contribution >= 4 is 0 Å². The molecule has 1 atom stereocenters. The van der Waals surface area contributed by atoms with Crippen LogP contribution in [0.3, 0.4) is 0 Å². The molecule has 2 aliphatic rings. The highest BCUT2D eigenvalue weighted by molar-refractivity contribution is 5.27. The summed E-state index contributed by atoms with van der Waals surface area (Å²) in [5, 5.41) is 3.77. The molecule has 0 spiro atoms. The molecule has 1 N–H and O–H groups in total. The van der Waals surface area contributed by atoms with Gasteiger partial charge in [-0.05, 0) is 49.1 Å². The van der Waals surface area contributed by atoms with E-state index in [-0.39, 0.29) is 0 Å². The number of hydrogen-bond acceptors (Lipinski definition) is 2. The predicted molar refractivity (Wildman–Crippen MR) is 69.9 cm³/mol. The monoisotopic (exact) mass is 230 g/mol. The van der Waals surface area contributed by atoms with Crippen molar-refractivity contribution in [3.05, 3.63) is 29.6 Å². The summed E-state index contributed by atoms with van der Waals surface area (Å²) >= 11 is 0. The Labute approximate surface area is 104 Å². The van der Waals surface area contributed by atoms with E-state index in [1.165, 1.54) is 56.3 Å². The highest BCUT2D eigenvalue weighted by Gasteiger charge is 2.36. The molecule has 1 aromatic rings. The Morgan fingerprint density at radius 3 is 3.06 bits per heavy atom. The Morgan fingerprint density at radius 2 is 2.35 bits per heavy atom. The number of fused-ring (bicyclic) bond motifs is 1. The van der Waals surface area contributed by atoms with Crippen molar-refractivity contribution in [3.63, 3.8) is 0 Å². The number of aryl methyl sites for hydroxylation is 1. The molecule has 17 heavy (non-hydrogen) atoms. The molecule has 2 nitrogen and oxygen atoms in total. The maximum Gasteiger partial charge on any atom is 0.0605 e. The zero-order valence-corrected chi connectivity index (χ0v) is 10.7. The van der Waals surface area contributed by atoms with Crippen LogP contribution in [0.4, 0.5) is 0 Å². The molecule has 92 valence electrons. The average molecular weight is 230 g/mol. The number of hydrogen-bond donors (Lipinski definition) is 1. The number of aromatic nitrogens is 1. The van der Waals surface area contributed by atoms with E-state index in [1.807, 2.05) is 6.20 Å². The van der Waals surface area contributed by atoms with E-state index >= 15 is 0 Å². The van der Waals surface area contributed by atoms with Gasteiger partial charge < -0.3 is 5.32 Å². The third-order valence-corrected chi connectivity index (χ3v) is 4.85. The smallest absolute Gasteiger partial charge is 0.0605 e. The zero-order chi connectivity index (χ0) is 11.7. The van der Waals surface area contributed by atoms with Crippen LogP contribution in [0.15, 0.2) is 18.3 Å². The lowest BCUT2D eigenvalue weighted by Gasteiger charge is -2.42. The minimum absolute atomic E-state index is 0.509. The van der Waals surface area contributed by atoms with Crippen molar-refractivity contribution in [1.82, 2.24) is 10.3 Å². The molecule has 1 heterocycles. The van der Waals surface area contributed by atoms with E-state index in [2.05, 4.69) is 29.4 Å². The number of nitrogens with zero attached hydrogens (tertiary/aromatic N) is 1. The van der Waals surface area contributed by atoms with Gasteiger partial charge in [-0.3, -0.25) is 4.98 Å². The molecular formula is C15H22N2. The van der Waals surface area contributed by atoms with Gasteiger partial charge in [-0.2, -0.15) is 0 Å². The van der Waals surface area contributed by atoms with Gasteiger partial charge in [0.25, 0.3) is 0 Å². The van der Waals surface area contributed by atoms with Crippen molar-refractivity contribution in [2.75, 3.05) is 6.54 Å². The SMILES string of the molecule is CCC1(CNC2CCc3cccnc32)CCC1. The molecule has 1 unspecified atom stereocenters. The van der Waals surface area contributed by atoms with Gasteiger partial charge in [-0.25, -0.2) is 0 Å². The van der Waals surface area contributed by atoms with Gasteiger partial charge in [0.05, 0.1) is 11.7 Å². The van der Waals surface area contributed by atoms with Gasteiger partial charge >= 0.3 is 0 Å². The van der Waals surface area contributed by atoms with E-state index < -0.39 is 0 Å². The molecule has 1 saturated carbocycles. The van der Waals surface area contributed by atoms with E-state index in [0.29, 0.717) is 11.5 Å². The first-order valence-corrected chi connectivity index (χ1v) is 7.00. The van der Waals surface area contributed by atoms with Crippen LogP contribution in [0, 0.1) is 5.41 Å². The summed E-state index contributed by atoms with van der Waals surface area (Å²) in [4.78, 5) is 4.55. The first-order valence-electron chi connectivity index (χ1n) is 7.00. The van der Waals surface area contributed by atoms with Crippen molar-refractivity contribution in [1.29, 1.82) is 0 Å². The molecule has 0 amide bonds. The topological polar surface area (TPSA) is 24.9 Å². The Balaban J connectivity index is 1.64. The molecule has 2 heteroatoms. The lowest BCUT2D eigenvalue weighted by Crippen LogP contribution is -2.40. The first kappa shape index (κ1) is 11.2. The van der Waals surface area contributed by atoms with Crippen LogP contribution in [0.5, 0.6) is 0 Å². The van der Waals surface area contributed by atoms with Gasteiger partial charge in [-0.15, -0.1) is 0 Å². The van der Waals surface area contributed by atoms with Crippen LogP contribution >= 0.6 is 0 Å². The summed E-state index contributed by atoms with van der Waals surface area (Å²) in [6.07, 6.45) is 9.93. The van der Waals surface area contributed by atoms with Crippen LogP contribution in [-0.2, 0) is 6.42 Å². The largest absolute Gasteiger partial charge is 0.308 e. The Kier molecular flexibility index (Phi) is 2.91. The van der Waals surface area contributed by atoms with Crippen LogP contribution < -0.4 is 5.32 Å². The number of nitrogens with one attached hydrogen (secondary N) is 1. The summed E-state index contributed by atoms with van der Waals surface area (Å²) in [6.45, 7) is 3.52. The van der Waals surface area contributed by atoms with Crippen molar-refractivity contribution in [2.24, 2.45) is 5.41 Å². The lowest BCUT2D eigenvalue weighted by atomic mass is 9.67. The summed E-state index contributed by atoms with van der Waals surface area (Å²) in [6, 6.07) is 4.79. The van der Waals surface area contributed by atoms with Gasteiger partial charge in [0.2, 0.25) is 0 Å². The number of rotatable bonds is 4. The standard InChI is InChI=1S/C15H22N2/c1-2-15(8-4-9-15)11-17-13-7-6-12-5-3-10-16-14(12)13/h3,5,10,13,17H,2,4,6-9,11H2,1H3. The summed E-state index contributed by atoms with van der Waals surface area (Å²) < 4.78 is 0. The second-order valence-corrected chi connectivity index (χ2v) is 5.73. The third-order valence-electron chi connectivity index (χ3n) is 4.85. The van der Waals surface area contributed by atoms with Gasteiger partial charge in [-0.1, -0.05) is 19.4 Å². The lowest BCUT2D eigenvalue weighted by molar-refractivity contribution is 0.119. The van der Waals surface area contributed by atoms with Crippen molar-refractivity contribution in [3.8, 4) is 0 Å². The fourth-order valence-electron chi connectivity index (χ4n) is 3.28. The second kappa shape index (κ2) is 4.41. The summed E-state index contributed by atoms with van der Waals surface area (Å²) in [7, 11) is 0. The predicted octanol–water partition coefficient (Wildman–Crippen LogP) is 3.24. The number of pyridine rings is 1. The van der Waals surface area contributed by atoms with Crippen LogP contribution in [0.25, 0.3) is 0 Å². The normalized spacial score (nSPS) is 25.4. The molecule has 1 fully saturated rings. The minimum atomic E-state index is 0.509. The fraction of sp³-hybridized carbons (Fsp3) is 0.667. The maximum atomic E-state index is 4.55. The maximum absolute atomic E-state index is 4.55. The molecule has 0 bridgehead atoms. The molecule has 1 aromatic heterocycles. The Bertz CT molecular complexity index is 390. The zero-order valence-electron chi connectivity index (χ0n) is 10.7. The average Bonchev–Trinajstić information content (AvgIpc) is 2.72. The second-order valence-electron chi connectivity index (χ2n) is 5.73. The summed E-state index contributed by atoms with van der Waals surface area (Å²) in [5.41, 5.74) is 3.36. The Morgan fingerprint density at radius 1 is 1.47 bits per heavy atom. The molecule has 0 radical (unpaired) electrons. The Hall–Kier alpha value is -0.890. The van der Waals surface area contributed by atoms with E-state index in [0.717, 1.165) is 0 Å². The third kappa shape index (κ3) is 1.99. The summed E-state index contributed by atoms with van der Waals surface area (Å²) in [5.74, 6) is 0. The van der Waals surface area contributed by atoms with Crippen molar-refractivity contribution < 1.29 is 0 Å². The highest BCUT2D eigenvalue weighted by atomic mass is 15.0. The molecular weight excluding hydrogens is 208 g/mol. The van der Waals surface area contributed by atoms with Gasteiger partial charge in [0.1, 0.15) is 0 Å². The van der Waals surface area contributed by atoms with E-state index in [1.54, 1.807) is 0 Å². The fourth-order valence-corrected chi connectivity index (χ4v) is 3.28.